The fourth-order valence-corrected chi connectivity index (χ4v) is 2.83. The van der Waals surface area contributed by atoms with Gasteiger partial charge in [-0.25, -0.2) is 4.79 Å². The number of hydrogen-bond acceptors (Lipinski definition) is 5. The van der Waals surface area contributed by atoms with Gasteiger partial charge in [0.25, 0.3) is 0 Å². The Morgan fingerprint density at radius 2 is 2.00 bits per heavy atom. The molecule has 0 amide bonds. The number of esters is 1. The monoisotopic (exact) mass is 280 g/mol. The molecule has 1 aliphatic heterocycles. The van der Waals surface area contributed by atoms with Gasteiger partial charge >= 0.3 is 5.97 Å². The van der Waals surface area contributed by atoms with Crippen LogP contribution in [-0.2, 0) is 4.74 Å². The van der Waals surface area contributed by atoms with Crippen molar-refractivity contribution in [2.24, 2.45) is 0 Å². The van der Waals surface area contributed by atoms with Gasteiger partial charge in [0.1, 0.15) is 5.82 Å². The third kappa shape index (κ3) is 3.36. The van der Waals surface area contributed by atoms with E-state index < -0.39 is 5.97 Å². The first-order chi connectivity index (χ1) is 9.63. The molecule has 0 aliphatic carbocycles. The molecule has 6 nitrogen and oxygen atoms in total. The van der Waals surface area contributed by atoms with E-state index in [1.54, 1.807) is 6.92 Å². The SMILES string of the molecule is CCOC(=O)c1nnc(C)n1C(C)CN1CCCCC1. The Balaban J connectivity index is 2.09. The van der Waals surface area contributed by atoms with E-state index in [1.165, 1.54) is 19.3 Å². The molecule has 0 N–H and O–H groups in total. The van der Waals surface area contributed by atoms with Crippen molar-refractivity contribution in [2.75, 3.05) is 26.2 Å². The van der Waals surface area contributed by atoms with Crippen LogP contribution in [0.2, 0.25) is 0 Å². The van der Waals surface area contributed by atoms with Crippen LogP contribution in [0.25, 0.3) is 0 Å². The zero-order valence-electron chi connectivity index (χ0n) is 12.6. The van der Waals surface area contributed by atoms with Gasteiger partial charge in [0.15, 0.2) is 0 Å². The van der Waals surface area contributed by atoms with Crippen molar-refractivity contribution in [3.05, 3.63) is 11.6 Å². The maximum Gasteiger partial charge on any atom is 0.376 e. The number of hydrogen-bond donors (Lipinski definition) is 0. The number of nitrogens with zero attached hydrogens (tertiary/aromatic N) is 4. The van der Waals surface area contributed by atoms with Crippen molar-refractivity contribution < 1.29 is 9.53 Å². The Morgan fingerprint density at radius 1 is 1.30 bits per heavy atom. The summed E-state index contributed by atoms with van der Waals surface area (Å²) in [7, 11) is 0. The van der Waals surface area contributed by atoms with Gasteiger partial charge in [0.05, 0.1) is 6.61 Å². The highest BCUT2D eigenvalue weighted by atomic mass is 16.5. The van der Waals surface area contributed by atoms with Crippen LogP contribution in [0.1, 0.15) is 55.6 Å². The first-order valence-electron chi connectivity index (χ1n) is 7.44. The summed E-state index contributed by atoms with van der Waals surface area (Å²) in [4.78, 5) is 14.4. The molecule has 0 bridgehead atoms. The van der Waals surface area contributed by atoms with Gasteiger partial charge in [0, 0.05) is 12.6 Å². The number of likely N-dealkylation sites (tertiary alicyclic amines) is 1. The molecule has 1 unspecified atom stereocenters. The number of carbonyl (C=O) groups excluding carboxylic acids is 1. The summed E-state index contributed by atoms with van der Waals surface area (Å²) >= 11 is 0. The van der Waals surface area contributed by atoms with Crippen LogP contribution in [0, 0.1) is 6.92 Å². The number of ether oxygens (including phenoxy) is 1. The molecule has 2 heterocycles. The summed E-state index contributed by atoms with van der Waals surface area (Å²) in [5.41, 5.74) is 0. The van der Waals surface area contributed by atoms with Crippen LogP contribution in [0.3, 0.4) is 0 Å². The molecule has 0 saturated carbocycles. The Hall–Kier alpha value is -1.43. The minimum absolute atomic E-state index is 0.169. The molecule has 1 fully saturated rings. The van der Waals surface area contributed by atoms with E-state index in [-0.39, 0.29) is 6.04 Å². The summed E-state index contributed by atoms with van der Waals surface area (Å²) in [6, 6.07) is 0.169. The third-order valence-corrected chi connectivity index (χ3v) is 3.74. The molecule has 0 radical (unpaired) electrons. The van der Waals surface area contributed by atoms with Gasteiger partial charge < -0.3 is 14.2 Å². The predicted molar refractivity (Wildman–Crippen MR) is 75.7 cm³/mol. The normalized spacial score (nSPS) is 17.9. The Kier molecular flexibility index (Phi) is 5.11. The maximum absolute atomic E-state index is 11.9. The Labute approximate surface area is 120 Å². The molecule has 112 valence electrons. The summed E-state index contributed by atoms with van der Waals surface area (Å²) in [5.74, 6) is 0.685. The Morgan fingerprint density at radius 3 is 2.65 bits per heavy atom. The lowest BCUT2D eigenvalue weighted by Gasteiger charge is -2.30. The summed E-state index contributed by atoms with van der Waals surface area (Å²) in [6.07, 6.45) is 3.85. The molecule has 1 aromatic rings. The highest BCUT2D eigenvalue weighted by Gasteiger charge is 2.23. The number of rotatable bonds is 5. The molecule has 2 rings (SSSR count). The second kappa shape index (κ2) is 6.83. The molecule has 0 aromatic carbocycles. The summed E-state index contributed by atoms with van der Waals surface area (Å²) in [5, 5.41) is 8.00. The number of aromatic nitrogens is 3. The summed E-state index contributed by atoms with van der Waals surface area (Å²) < 4.78 is 6.94. The van der Waals surface area contributed by atoms with Crippen molar-refractivity contribution in [1.82, 2.24) is 19.7 Å². The smallest absolute Gasteiger partial charge is 0.376 e. The molecule has 0 spiro atoms. The van der Waals surface area contributed by atoms with Crippen molar-refractivity contribution in [2.45, 2.75) is 46.1 Å². The lowest BCUT2D eigenvalue weighted by molar-refractivity contribution is 0.0501. The third-order valence-electron chi connectivity index (χ3n) is 3.74. The molecule has 1 saturated heterocycles. The zero-order chi connectivity index (χ0) is 14.5. The van der Waals surface area contributed by atoms with Crippen molar-refractivity contribution in [3.63, 3.8) is 0 Å². The van der Waals surface area contributed by atoms with Gasteiger partial charge in [-0.1, -0.05) is 6.42 Å². The minimum atomic E-state index is -0.390. The fourth-order valence-electron chi connectivity index (χ4n) is 2.83. The van der Waals surface area contributed by atoms with Crippen LogP contribution in [0.5, 0.6) is 0 Å². The number of aryl methyl sites for hydroxylation is 1. The molecular formula is C14H24N4O2. The number of carbonyl (C=O) groups is 1. The predicted octanol–water partition coefficient (Wildman–Crippen LogP) is 1.81. The Bertz CT molecular complexity index is 452. The van der Waals surface area contributed by atoms with E-state index in [1.807, 2.05) is 11.5 Å². The van der Waals surface area contributed by atoms with Crippen molar-refractivity contribution in [1.29, 1.82) is 0 Å². The standard InChI is InChI=1S/C14H24N4O2/c1-4-20-14(19)13-16-15-12(3)18(13)11(2)10-17-8-6-5-7-9-17/h11H,4-10H2,1-3H3. The quantitative estimate of drug-likeness (QED) is 0.770. The zero-order valence-corrected chi connectivity index (χ0v) is 12.6. The van der Waals surface area contributed by atoms with Crippen LogP contribution < -0.4 is 0 Å². The largest absolute Gasteiger partial charge is 0.460 e. The molecule has 6 heteroatoms. The van der Waals surface area contributed by atoms with Gasteiger partial charge in [0.2, 0.25) is 5.82 Å². The van der Waals surface area contributed by atoms with E-state index in [4.69, 9.17) is 4.74 Å². The first-order valence-corrected chi connectivity index (χ1v) is 7.44. The highest BCUT2D eigenvalue weighted by molar-refractivity contribution is 5.85. The molecule has 20 heavy (non-hydrogen) atoms. The van der Waals surface area contributed by atoms with Gasteiger partial charge in [-0.15, -0.1) is 10.2 Å². The van der Waals surface area contributed by atoms with E-state index in [9.17, 15) is 4.79 Å². The highest BCUT2D eigenvalue weighted by Crippen LogP contribution is 2.17. The maximum atomic E-state index is 11.9. The topological polar surface area (TPSA) is 60.2 Å². The van der Waals surface area contributed by atoms with Crippen LogP contribution >= 0.6 is 0 Å². The van der Waals surface area contributed by atoms with Gasteiger partial charge in [-0.3, -0.25) is 0 Å². The van der Waals surface area contributed by atoms with Crippen LogP contribution in [-0.4, -0.2) is 51.9 Å². The van der Waals surface area contributed by atoms with Crippen molar-refractivity contribution in [3.8, 4) is 0 Å². The molecule has 1 atom stereocenters. The van der Waals surface area contributed by atoms with Crippen molar-refractivity contribution >= 4 is 5.97 Å². The second-order valence-corrected chi connectivity index (χ2v) is 5.37. The van der Waals surface area contributed by atoms with Gasteiger partial charge in [-0.05, 0) is 46.7 Å². The minimum Gasteiger partial charge on any atom is -0.460 e. The average Bonchev–Trinajstić information content (AvgIpc) is 2.82. The van der Waals surface area contributed by atoms with E-state index >= 15 is 0 Å². The number of piperidine rings is 1. The fraction of sp³-hybridized carbons (Fsp3) is 0.786. The molecule has 1 aromatic heterocycles. The van der Waals surface area contributed by atoms with E-state index in [2.05, 4.69) is 22.0 Å². The molecule has 1 aliphatic rings. The summed E-state index contributed by atoms with van der Waals surface area (Å²) in [6.45, 7) is 9.33. The van der Waals surface area contributed by atoms with Crippen LogP contribution in [0.4, 0.5) is 0 Å². The lowest BCUT2D eigenvalue weighted by Crippen LogP contribution is -2.35. The van der Waals surface area contributed by atoms with E-state index in [0.29, 0.717) is 12.4 Å². The van der Waals surface area contributed by atoms with Gasteiger partial charge in [-0.2, -0.15) is 0 Å². The average molecular weight is 280 g/mol. The second-order valence-electron chi connectivity index (χ2n) is 5.37. The lowest BCUT2D eigenvalue weighted by atomic mass is 10.1. The van der Waals surface area contributed by atoms with Crippen LogP contribution in [0.15, 0.2) is 0 Å². The van der Waals surface area contributed by atoms with E-state index in [0.717, 1.165) is 25.5 Å². The molecular weight excluding hydrogens is 256 g/mol. The first kappa shape index (κ1) is 15.0.